The highest BCUT2D eigenvalue weighted by Gasteiger charge is 2.40. The molecule has 0 radical (unpaired) electrons. The van der Waals surface area contributed by atoms with E-state index < -0.39 is 0 Å². The molecule has 0 spiro atoms. The standard InChI is InChI=1S/C24H35NO2/c1-17(2)18-9-11-21(26-15-18)24(5,6)20-10-12-22(27-16-20)23(3,4)19-8-7-13-25-14-19/h7-8,10,13-15,17,21-22H,9,11-12,16H2,1-6H3. The van der Waals surface area contributed by atoms with E-state index in [1.807, 2.05) is 24.7 Å². The van der Waals surface area contributed by atoms with Gasteiger partial charge >= 0.3 is 0 Å². The second-order valence-corrected chi connectivity index (χ2v) is 9.46. The maximum absolute atomic E-state index is 6.38. The zero-order valence-corrected chi connectivity index (χ0v) is 17.8. The van der Waals surface area contributed by atoms with E-state index in [4.69, 9.17) is 9.47 Å². The SMILES string of the molecule is CC(C)C1=COC(C(C)(C)C2=CCC(C(C)(C)c3cccnc3)OC2)CC1. The second kappa shape index (κ2) is 7.79. The van der Waals surface area contributed by atoms with E-state index >= 15 is 0 Å². The minimum atomic E-state index is -0.0589. The highest BCUT2D eigenvalue weighted by molar-refractivity contribution is 5.25. The molecular weight excluding hydrogens is 334 g/mol. The van der Waals surface area contributed by atoms with Gasteiger partial charge in [0.25, 0.3) is 0 Å². The molecule has 2 aliphatic rings. The van der Waals surface area contributed by atoms with E-state index in [2.05, 4.69) is 58.7 Å². The van der Waals surface area contributed by atoms with Crippen molar-refractivity contribution in [2.45, 2.75) is 78.4 Å². The van der Waals surface area contributed by atoms with Crippen LogP contribution in [0.1, 0.15) is 66.4 Å². The third-order valence-electron chi connectivity index (χ3n) is 6.68. The van der Waals surface area contributed by atoms with Gasteiger partial charge in [-0.1, -0.05) is 53.7 Å². The van der Waals surface area contributed by atoms with Gasteiger partial charge in [-0.15, -0.1) is 0 Å². The van der Waals surface area contributed by atoms with E-state index in [9.17, 15) is 0 Å². The van der Waals surface area contributed by atoms with Crippen molar-refractivity contribution >= 4 is 0 Å². The Hall–Kier alpha value is -1.61. The normalized spacial score (nSPS) is 24.3. The molecule has 3 heterocycles. The van der Waals surface area contributed by atoms with Gasteiger partial charge in [-0.05, 0) is 48.0 Å². The maximum Gasteiger partial charge on any atom is 0.107 e. The van der Waals surface area contributed by atoms with E-state index in [0.717, 1.165) is 19.3 Å². The predicted molar refractivity (Wildman–Crippen MR) is 111 cm³/mol. The van der Waals surface area contributed by atoms with Crippen molar-refractivity contribution in [1.82, 2.24) is 4.98 Å². The van der Waals surface area contributed by atoms with Crippen molar-refractivity contribution in [2.75, 3.05) is 6.61 Å². The van der Waals surface area contributed by atoms with Crippen LogP contribution >= 0.6 is 0 Å². The van der Waals surface area contributed by atoms with Gasteiger partial charge in [0.1, 0.15) is 6.10 Å². The molecule has 3 heteroatoms. The van der Waals surface area contributed by atoms with Crippen LogP contribution in [0, 0.1) is 11.3 Å². The van der Waals surface area contributed by atoms with Crippen molar-refractivity contribution in [3.63, 3.8) is 0 Å². The molecule has 0 amide bonds. The zero-order chi connectivity index (χ0) is 19.7. The Morgan fingerprint density at radius 3 is 2.41 bits per heavy atom. The van der Waals surface area contributed by atoms with E-state index in [0.29, 0.717) is 12.5 Å². The summed E-state index contributed by atoms with van der Waals surface area (Å²) in [5.41, 5.74) is 3.95. The van der Waals surface area contributed by atoms with Crippen LogP contribution in [0.2, 0.25) is 0 Å². The number of hydrogen-bond acceptors (Lipinski definition) is 3. The van der Waals surface area contributed by atoms with E-state index in [1.54, 1.807) is 0 Å². The highest BCUT2D eigenvalue weighted by Crippen LogP contribution is 2.42. The number of hydrogen-bond donors (Lipinski definition) is 0. The summed E-state index contributed by atoms with van der Waals surface area (Å²) in [4.78, 5) is 4.29. The summed E-state index contributed by atoms with van der Waals surface area (Å²) in [6.45, 7) is 14.3. The van der Waals surface area contributed by atoms with Crippen LogP contribution in [0.3, 0.4) is 0 Å². The van der Waals surface area contributed by atoms with Gasteiger partial charge in [-0.2, -0.15) is 0 Å². The van der Waals surface area contributed by atoms with Gasteiger partial charge in [0, 0.05) is 23.2 Å². The molecule has 2 unspecified atom stereocenters. The number of ether oxygens (including phenoxy) is 2. The minimum absolute atomic E-state index is 0.0115. The first-order chi connectivity index (χ1) is 12.7. The molecule has 27 heavy (non-hydrogen) atoms. The largest absolute Gasteiger partial charge is 0.497 e. The predicted octanol–water partition coefficient (Wildman–Crippen LogP) is 5.82. The number of nitrogens with zero attached hydrogens (tertiary/aromatic N) is 1. The van der Waals surface area contributed by atoms with Crippen LogP contribution in [0.25, 0.3) is 0 Å². The molecule has 1 aromatic heterocycles. The molecule has 0 N–H and O–H groups in total. The van der Waals surface area contributed by atoms with Gasteiger partial charge in [0.2, 0.25) is 0 Å². The number of aromatic nitrogens is 1. The van der Waals surface area contributed by atoms with Crippen LogP contribution < -0.4 is 0 Å². The van der Waals surface area contributed by atoms with E-state index in [-0.39, 0.29) is 23.0 Å². The van der Waals surface area contributed by atoms with Crippen LogP contribution in [-0.2, 0) is 14.9 Å². The van der Waals surface area contributed by atoms with Crippen molar-refractivity contribution in [1.29, 1.82) is 0 Å². The number of pyridine rings is 1. The molecule has 0 saturated carbocycles. The third kappa shape index (κ3) is 4.13. The quantitative estimate of drug-likeness (QED) is 0.613. The Morgan fingerprint density at radius 1 is 1.11 bits per heavy atom. The molecule has 2 atom stereocenters. The molecule has 0 aliphatic carbocycles. The first-order valence-corrected chi connectivity index (χ1v) is 10.3. The van der Waals surface area contributed by atoms with Gasteiger partial charge in [-0.25, -0.2) is 0 Å². The van der Waals surface area contributed by atoms with E-state index in [1.165, 1.54) is 16.7 Å². The van der Waals surface area contributed by atoms with Gasteiger partial charge < -0.3 is 9.47 Å². The summed E-state index contributed by atoms with van der Waals surface area (Å²) in [6, 6.07) is 4.15. The van der Waals surface area contributed by atoms with Gasteiger partial charge in [0.15, 0.2) is 0 Å². The number of allylic oxidation sites excluding steroid dienone is 1. The lowest BCUT2D eigenvalue weighted by molar-refractivity contribution is -0.0152. The lowest BCUT2D eigenvalue weighted by atomic mass is 9.73. The highest BCUT2D eigenvalue weighted by atomic mass is 16.5. The average Bonchev–Trinajstić information content (AvgIpc) is 2.69. The zero-order valence-electron chi connectivity index (χ0n) is 17.8. The summed E-state index contributed by atoms with van der Waals surface area (Å²) < 4.78 is 12.5. The Morgan fingerprint density at radius 2 is 1.89 bits per heavy atom. The van der Waals surface area contributed by atoms with Crippen molar-refractivity contribution in [3.8, 4) is 0 Å². The molecule has 1 aromatic rings. The molecule has 2 aliphatic heterocycles. The maximum atomic E-state index is 6.38. The molecule has 3 nitrogen and oxygen atoms in total. The molecule has 0 saturated heterocycles. The average molecular weight is 370 g/mol. The molecule has 0 fully saturated rings. The first-order valence-electron chi connectivity index (χ1n) is 10.3. The summed E-state index contributed by atoms with van der Waals surface area (Å²) in [6.07, 6.45) is 11.7. The van der Waals surface area contributed by atoms with Crippen molar-refractivity contribution < 1.29 is 9.47 Å². The smallest absolute Gasteiger partial charge is 0.107 e. The fraction of sp³-hybridized carbons (Fsp3) is 0.625. The monoisotopic (exact) mass is 369 g/mol. The van der Waals surface area contributed by atoms with Crippen LogP contribution in [0.15, 0.2) is 48.0 Å². The molecule has 0 bridgehead atoms. The first kappa shape index (κ1) is 20.1. The fourth-order valence-electron chi connectivity index (χ4n) is 4.21. The Bertz CT molecular complexity index is 700. The molecular formula is C24H35NO2. The number of rotatable bonds is 5. The van der Waals surface area contributed by atoms with Crippen LogP contribution in [0.4, 0.5) is 0 Å². The molecule has 0 aromatic carbocycles. The minimum Gasteiger partial charge on any atom is -0.497 e. The Kier molecular flexibility index (Phi) is 5.81. The molecule has 148 valence electrons. The summed E-state index contributed by atoms with van der Waals surface area (Å²) in [5, 5.41) is 0. The van der Waals surface area contributed by atoms with Crippen molar-refractivity contribution in [2.24, 2.45) is 11.3 Å². The Balaban J connectivity index is 1.69. The topological polar surface area (TPSA) is 31.4 Å². The summed E-state index contributed by atoms with van der Waals surface area (Å²) in [5.74, 6) is 0.571. The summed E-state index contributed by atoms with van der Waals surface area (Å²) in [7, 11) is 0. The van der Waals surface area contributed by atoms with Crippen LogP contribution in [-0.4, -0.2) is 23.8 Å². The van der Waals surface area contributed by atoms with Crippen LogP contribution in [0.5, 0.6) is 0 Å². The molecule has 3 rings (SSSR count). The lowest BCUT2D eigenvalue weighted by Gasteiger charge is -2.43. The summed E-state index contributed by atoms with van der Waals surface area (Å²) >= 11 is 0. The fourth-order valence-corrected chi connectivity index (χ4v) is 4.21. The van der Waals surface area contributed by atoms with Gasteiger partial charge in [-0.3, -0.25) is 4.98 Å². The second-order valence-electron chi connectivity index (χ2n) is 9.46. The van der Waals surface area contributed by atoms with Crippen molar-refractivity contribution in [3.05, 3.63) is 53.6 Å². The van der Waals surface area contributed by atoms with Gasteiger partial charge in [0.05, 0.1) is 19.0 Å². The Labute approximate surface area is 164 Å². The lowest BCUT2D eigenvalue weighted by Crippen LogP contribution is -2.42. The third-order valence-corrected chi connectivity index (χ3v) is 6.68.